The zero-order valence-corrected chi connectivity index (χ0v) is 29.1. The van der Waals surface area contributed by atoms with Crippen LogP contribution in [0.15, 0.2) is 127 Å². The summed E-state index contributed by atoms with van der Waals surface area (Å²) in [5, 5.41) is 0. The maximum Gasteiger partial charge on any atom is 0.647 e. The van der Waals surface area contributed by atoms with Gasteiger partial charge in [-0.25, -0.2) is 9.59 Å². The highest BCUT2D eigenvalue weighted by molar-refractivity contribution is 7.49. The van der Waals surface area contributed by atoms with Gasteiger partial charge in [0.15, 0.2) is 0 Å². The van der Waals surface area contributed by atoms with Gasteiger partial charge in [-0.2, -0.15) is 4.57 Å². The van der Waals surface area contributed by atoms with E-state index in [-0.39, 0.29) is 17.7 Å². The number of aryl methyl sites for hydroxylation is 3. The second-order valence-corrected chi connectivity index (χ2v) is 12.7. The van der Waals surface area contributed by atoms with Crippen LogP contribution in [0.1, 0.15) is 62.7 Å². The molecule has 5 aromatic carbocycles. The van der Waals surface area contributed by atoms with Gasteiger partial charge in [0, 0.05) is 0 Å². The number of unbranched alkanes of at least 4 members (excludes halogenated alkanes) is 1. The molecule has 0 saturated heterocycles. The fourth-order valence-electron chi connectivity index (χ4n) is 4.27. The molecule has 0 aliphatic rings. The predicted octanol–water partition coefficient (Wildman–Crippen LogP) is 10.3. The number of phosphoric ester groups is 1. The van der Waals surface area contributed by atoms with E-state index in [4.69, 9.17) is 23.0 Å². The Hall–Kier alpha value is -5.33. The van der Waals surface area contributed by atoms with Crippen LogP contribution >= 0.6 is 7.82 Å². The first-order valence-electron chi connectivity index (χ1n) is 16.0. The Kier molecular flexibility index (Phi) is 13.6. The number of rotatable bonds is 13. The number of carbonyl (C=O) groups excluding carboxylic acids is 2. The molecule has 8 nitrogen and oxygen atoms in total. The Bertz CT molecular complexity index is 1700. The van der Waals surface area contributed by atoms with Crippen LogP contribution in [0.5, 0.6) is 17.2 Å². The number of phosphoric acid groups is 1. The van der Waals surface area contributed by atoms with Crippen molar-refractivity contribution in [1.29, 1.82) is 0 Å². The van der Waals surface area contributed by atoms with Gasteiger partial charge in [-0.1, -0.05) is 109 Å². The van der Waals surface area contributed by atoms with E-state index in [9.17, 15) is 14.2 Å². The smallest absolute Gasteiger partial charge is 0.462 e. The largest absolute Gasteiger partial charge is 0.647 e. The SMILES string of the molecule is CCCCOC(=O)c1ccccc1C(=O)OCc1ccccc1.Cc1ccc(OP(=O)(Oc2ccc(C)cc2)Oc2ccc(C)cc2)cc1. The average molecular weight is 681 g/mol. The maximum atomic E-state index is 13.3. The highest BCUT2D eigenvalue weighted by atomic mass is 31.2. The molecule has 0 amide bonds. The lowest BCUT2D eigenvalue weighted by atomic mass is 10.1. The average Bonchev–Trinajstić information content (AvgIpc) is 3.11. The molecule has 49 heavy (non-hydrogen) atoms. The molecule has 0 unspecified atom stereocenters. The van der Waals surface area contributed by atoms with Crippen LogP contribution in [0.2, 0.25) is 0 Å². The van der Waals surface area contributed by atoms with Crippen LogP contribution in [0.3, 0.4) is 0 Å². The van der Waals surface area contributed by atoms with Gasteiger partial charge in [0.1, 0.15) is 23.9 Å². The minimum Gasteiger partial charge on any atom is -0.462 e. The number of benzene rings is 5. The van der Waals surface area contributed by atoms with E-state index in [0.717, 1.165) is 35.1 Å². The van der Waals surface area contributed by atoms with E-state index in [1.54, 1.807) is 60.7 Å². The summed E-state index contributed by atoms with van der Waals surface area (Å²) in [6.07, 6.45) is 1.74. The van der Waals surface area contributed by atoms with Gasteiger partial charge in [0.2, 0.25) is 0 Å². The molecule has 0 aliphatic heterocycles. The van der Waals surface area contributed by atoms with Gasteiger partial charge < -0.3 is 23.0 Å². The summed E-state index contributed by atoms with van der Waals surface area (Å²) in [5.41, 5.74) is 4.58. The van der Waals surface area contributed by atoms with Crippen LogP contribution in [0.25, 0.3) is 0 Å². The Balaban J connectivity index is 0.000000223. The first kappa shape index (κ1) is 36.5. The summed E-state index contributed by atoms with van der Waals surface area (Å²) in [5.74, 6) is 0.220. The van der Waals surface area contributed by atoms with Crippen molar-refractivity contribution in [1.82, 2.24) is 0 Å². The van der Waals surface area contributed by atoms with Crippen molar-refractivity contribution in [2.75, 3.05) is 6.61 Å². The first-order chi connectivity index (χ1) is 23.6. The maximum absolute atomic E-state index is 13.3. The topological polar surface area (TPSA) is 97.4 Å². The van der Waals surface area contributed by atoms with Crippen LogP contribution in [0, 0.1) is 20.8 Å². The van der Waals surface area contributed by atoms with Gasteiger partial charge in [-0.3, -0.25) is 0 Å². The molecule has 0 heterocycles. The zero-order chi connectivity index (χ0) is 35.1. The minimum absolute atomic E-state index is 0.166. The Morgan fingerprint density at radius 3 is 1.33 bits per heavy atom. The quantitative estimate of drug-likeness (QED) is 0.0689. The minimum atomic E-state index is -3.93. The highest BCUT2D eigenvalue weighted by Gasteiger charge is 2.33. The molecule has 0 fully saturated rings. The number of esters is 2. The van der Waals surface area contributed by atoms with Crippen molar-refractivity contribution in [2.24, 2.45) is 0 Å². The van der Waals surface area contributed by atoms with Crippen molar-refractivity contribution in [2.45, 2.75) is 47.1 Å². The van der Waals surface area contributed by atoms with Gasteiger partial charge in [0.25, 0.3) is 0 Å². The third-order valence-corrected chi connectivity index (χ3v) is 8.33. The van der Waals surface area contributed by atoms with Gasteiger partial charge in [-0.15, -0.1) is 0 Å². The Morgan fingerprint density at radius 1 is 0.531 bits per heavy atom. The van der Waals surface area contributed by atoms with E-state index in [1.165, 1.54) is 0 Å². The highest BCUT2D eigenvalue weighted by Crippen LogP contribution is 2.49. The monoisotopic (exact) mass is 680 g/mol. The summed E-state index contributed by atoms with van der Waals surface area (Å²) in [7, 11) is -3.93. The molecule has 0 bridgehead atoms. The summed E-state index contributed by atoms with van der Waals surface area (Å²) in [4.78, 5) is 24.3. The van der Waals surface area contributed by atoms with E-state index >= 15 is 0 Å². The number of ether oxygens (including phenoxy) is 2. The zero-order valence-electron chi connectivity index (χ0n) is 28.2. The fourth-order valence-corrected chi connectivity index (χ4v) is 5.52. The second-order valence-electron chi connectivity index (χ2n) is 11.3. The summed E-state index contributed by atoms with van der Waals surface area (Å²) < 4.78 is 40.7. The molecular formula is C40H41O8P. The van der Waals surface area contributed by atoms with Crippen molar-refractivity contribution in [3.63, 3.8) is 0 Å². The molecule has 0 radical (unpaired) electrons. The third kappa shape index (κ3) is 12.0. The third-order valence-electron chi connectivity index (χ3n) is 7.03. The fraction of sp³-hybridized carbons (Fsp3) is 0.200. The van der Waals surface area contributed by atoms with Crippen molar-refractivity contribution in [3.8, 4) is 17.2 Å². The van der Waals surface area contributed by atoms with Crippen LogP contribution in [-0.4, -0.2) is 18.5 Å². The Morgan fingerprint density at radius 2 is 0.918 bits per heavy atom. The van der Waals surface area contributed by atoms with E-state index < -0.39 is 19.8 Å². The molecule has 0 aromatic heterocycles. The lowest BCUT2D eigenvalue weighted by molar-refractivity contribution is 0.0437. The van der Waals surface area contributed by atoms with Crippen LogP contribution in [-0.2, 0) is 20.6 Å². The number of carbonyl (C=O) groups is 2. The van der Waals surface area contributed by atoms with Crippen LogP contribution in [0.4, 0.5) is 0 Å². The van der Waals surface area contributed by atoms with Crippen molar-refractivity contribution in [3.05, 3.63) is 161 Å². The predicted molar refractivity (Wildman–Crippen MR) is 190 cm³/mol. The Labute approximate surface area is 288 Å². The standard InChI is InChI=1S/C21H21O4P.C19H20O4/c1-16-4-10-19(11-5-16)23-26(22,24-20-12-6-17(2)7-13-20)25-21-14-8-18(3)9-15-21;1-2-3-13-22-18(20)16-11-7-8-12-17(16)19(21)23-14-15-9-5-4-6-10-15/h4-15H,1-3H3;4-12H,2-3,13-14H2,1H3. The molecule has 254 valence electrons. The van der Waals surface area contributed by atoms with Crippen molar-refractivity contribution >= 4 is 19.8 Å². The number of hydrogen-bond acceptors (Lipinski definition) is 8. The van der Waals surface area contributed by atoms with E-state index in [0.29, 0.717) is 23.9 Å². The molecule has 0 aliphatic carbocycles. The van der Waals surface area contributed by atoms with Gasteiger partial charge >= 0.3 is 19.8 Å². The van der Waals surface area contributed by atoms with E-state index in [1.807, 2.05) is 94.4 Å². The first-order valence-corrected chi connectivity index (χ1v) is 17.5. The molecule has 9 heteroatoms. The van der Waals surface area contributed by atoms with E-state index in [2.05, 4.69) is 0 Å². The van der Waals surface area contributed by atoms with Crippen molar-refractivity contribution < 1.29 is 37.2 Å². The summed E-state index contributed by atoms with van der Waals surface area (Å²) in [6, 6.07) is 37.6. The lowest BCUT2D eigenvalue weighted by Crippen LogP contribution is -2.14. The van der Waals surface area contributed by atoms with Crippen LogP contribution < -0.4 is 13.6 Å². The molecule has 0 atom stereocenters. The lowest BCUT2D eigenvalue weighted by Gasteiger charge is -2.19. The van der Waals surface area contributed by atoms with Gasteiger partial charge in [-0.05, 0) is 81.3 Å². The molecule has 0 spiro atoms. The van der Waals surface area contributed by atoms with Gasteiger partial charge in [0.05, 0.1) is 17.7 Å². The molecule has 0 N–H and O–H groups in total. The molecule has 0 saturated carbocycles. The molecular weight excluding hydrogens is 639 g/mol. The summed E-state index contributed by atoms with van der Waals surface area (Å²) in [6.45, 7) is 8.43. The second kappa shape index (κ2) is 18.3. The molecule has 5 rings (SSSR count). The number of hydrogen-bond donors (Lipinski definition) is 0. The molecule has 5 aromatic rings. The summed E-state index contributed by atoms with van der Waals surface area (Å²) >= 11 is 0. The normalized spacial score (nSPS) is 10.6.